The van der Waals surface area contributed by atoms with E-state index < -0.39 is 0 Å². The highest BCUT2D eigenvalue weighted by molar-refractivity contribution is 9.10. The molecule has 0 fully saturated rings. The number of nitrogens with zero attached hydrogens (tertiary/aromatic N) is 2. The lowest BCUT2D eigenvalue weighted by molar-refractivity contribution is 0.580. The summed E-state index contributed by atoms with van der Waals surface area (Å²) in [5.41, 5.74) is 1.15. The summed E-state index contributed by atoms with van der Waals surface area (Å²) in [6.45, 7) is 4.64. The third-order valence-electron chi connectivity index (χ3n) is 2.47. The average molecular weight is 323 g/mol. The van der Waals surface area contributed by atoms with E-state index in [1.54, 1.807) is 6.20 Å². The molecule has 19 heavy (non-hydrogen) atoms. The zero-order valence-corrected chi connectivity index (χ0v) is 12.4. The Morgan fingerprint density at radius 3 is 2.95 bits per heavy atom. The number of aromatic amines is 1. The highest BCUT2D eigenvalue weighted by Gasteiger charge is 2.08. The first-order valence-electron chi connectivity index (χ1n) is 6.01. The van der Waals surface area contributed by atoms with Crippen molar-refractivity contribution >= 4 is 15.9 Å². The summed E-state index contributed by atoms with van der Waals surface area (Å²) in [6, 6.07) is 5.51. The standard InChI is InChI=1S/C13H15BrN4O/c1-8(2)16-7-9-6-11(19)18-13(17-9)12-10(14)4-3-5-15-12/h3-6,8,16H,7H2,1-2H3,(H,17,18,19). The van der Waals surface area contributed by atoms with Crippen molar-refractivity contribution < 1.29 is 0 Å². The molecule has 0 aromatic carbocycles. The van der Waals surface area contributed by atoms with E-state index in [0.29, 0.717) is 29.8 Å². The highest BCUT2D eigenvalue weighted by atomic mass is 79.9. The van der Waals surface area contributed by atoms with Crippen molar-refractivity contribution in [2.45, 2.75) is 26.4 Å². The number of nitrogens with one attached hydrogen (secondary N) is 2. The first kappa shape index (κ1) is 13.9. The molecule has 0 aliphatic carbocycles. The molecule has 0 bridgehead atoms. The van der Waals surface area contributed by atoms with Gasteiger partial charge in [0.25, 0.3) is 5.56 Å². The van der Waals surface area contributed by atoms with Crippen LogP contribution in [0.1, 0.15) is 19.5 Å². The van der Waals surface area contributed by atoms with Crippen LogP contribution in [0.2, 0.25) is 0 Å². The van der Waals surface area contributed by atoms with Crippen LogP contribution in [0, 0.1) is 0 Å². The second-order valence-corrected chi connectivity index (χ2v) is 5.31. The van der Waals surface area contributed by atoms with Crippen LogP contribution in [0.25, 0.3) is 11.5 Å². The van der Waals surface area contributed by atoms with E-state index in [9.17, 15) is 4.79 Å². The van der Waals surface area contributed by atoms with Crippen molar-refractivity contribution in [1.29, 1.82) is 0 Å². The maximum Gasteiger partial charge on any atom is 0.251 e. The van der Waals surface area contributed by atoms with Crippen LogP contribution in [0.3, 0.4) is 0 Å². The van der Waals surface area contributed by atoms with E-state index in [1.807, 2.05) is 26.0 Å². The van der Waals surface area contributed by atoms with Crippen LogP contribution >= 0.6 is 15.9 Å². The van der Waals surface area contributed by atoms with E-state index >= 15 is 0 Å². The molecule has 0 saturated heterocycles. The molecule has 2 N–H and O–H groups in total. The van der Waals surface area contributed by atoms with Crippen molar-refractivity contribution in [1.82, 2.24) is 20.3 Å². The molecular weight excluding hydrogens is 308 g/mol. The second kappa shape index (κ2) is 6.08. The Morgan fingerprint density at radius 1 is 1.47 bits per heavy atom. The van der Waals surface area contributed by atoms with Gasteiger partial charge in [0.2, 0.25) is 0 Å². The summed E-state index contributed by atoms with van der Waals surface area (Å²) in [5.74, 6) is 0.473. The fourth-order valence-corrected chi connectivity index (χ4v) is 2.02. The van der Waals surface area contributed by atoms with Gasteiger partial charge in [-0.2, -0.15) is 0 Å². The Labute approximate surface area is 119 Å². The lowest BCUT2D eigenvalue weighted by Gasteiger charge is -2.08. The topological polar surface area (TPSA) is 70.7 Å². The van der Waals surface area contributed by atoms with Gasteiger partial charge in [-0.05, 0) is 28.1 Å². The summed E-state index contributed by atoms with van der Waals surface area (Å²) < 4.78 is 0.798. The molecule has 0 saturated carbocycles. The molecule has 0 spiro atoms. The van der Waals surface area contributed by atoms with E-state index in [-0.39, 0.29) is 5.56 Å². The van der Waals surface area contributed by atoms with Crippen LogP contribution in [0.5, 0.6) is 0 Å². The third-order valence-corrected chi connectivity index (χ3v) is 3.11. The minimum Gasteiger partial charge on any atom is -0.309 e. The zero-order valence-electron chi connectivity index (χ0n) is 10.8. The van der Waals surface area contributed by atoms with Gasteiger partial charge >= 0.3 is 0 Å². The summed E-state index contributed by atoms with van der Waals surface area (Å²) >= 11 is 3.40. The van der Waals surface area contributed by atoms with E-state index in [0.717, 1.165) is 4.47 Å². The van der Waals surface area contributed by atoms with Crippen molar-refractivity contribution in [3.8, 4) is 11.5 Å². The predicted octanol–water partition coefficient (Wildman–Crippen LogP) is 2.09. The third kappa shape index (κ3) is 3.71. The van der Waals surface area contributed by atoms with Gasteiger partial charge < -0.3 is 10.3 Å². The van der Waals surface area contributed by atoms with Crippen LogP contribution in [-0.4, -0.2) is 21.0 Å². The van der Waals surface area contributed by atoms with Gasteiger partial charge in [-0.1, -0.05) is 13.8 Å². The molecule has 0 unspecified atom stereocenters. The summed E-state index contributed by atoms with van der Waals surface area (Å²) in [4.78, 5) is 23.0. The molecule has 100 valence electrons. The van der Waals surface area contributed by atoms with Crippen molar-refractivity contribution in [2.75, 3.05) is 0 Å². The fraction of sp³-hybridized carbons (Fsp3) is 0.308. The Bertz CT molecular complexity index is 624. The second-order valence-electron chi connectivity index (χ2n) is 4.45. The molecule has 5 nitrogen and oxygen atoms in total. The summed E-state index contributed by atoms with van der Waals surface area (Å²) in [7, 11) is 0. The number of hydrogen-bond donors (Lipinski definition) is 2. The van der Waals surface area contributed by atoms with Crippen LogP contribution in [-0.2, 0) is 6.54 Å². The first-order valence-corrected chi connectivity index (χ1v) is 6.80. The molecule has 0 aliphatic heterocycles. The van der Waals surface area contributed by atoms with Gasteiger partial charge in [-0.25, -0.2) is 4.98 Å². The number of H-pyrrole nitrogens is 1. The number of aromatic nitrogens is 3. The molecule has 2 aromatic rings. The fourth-order valence-electron chi connectivity index (χ4n) is 1.58. The largest absolute Gasteiger partial charge is 0.309 e. The quantitative estimate of drug-likeness (QED) is 0.904. The predicted molar refractivity (Wildman–Crippen MR) is 77.8 cm³/mol. The van der Waals surface area contributed by atoms with Gasteiger partial charge in [-0.15, -0.1) is 0 Å². The lowest BCUT2D eigenvalue weighted by Crippen LogP contribution is -2.24. The minimum atomic E-state index is -0.178. The molecule has 2 heterocycles. The summed E-state index contributed by atoms with van der Waals surface area (Å²) in [6.07, 6.45) is 1.67. The molecule has 0 aliphatic rings. The normalized spacial score (nSPS) is 10.9. The molecule has 0 amide bonds. The van der Waals surface area contributed by atoms with E-state index in [2.05, 4.69) is 36.2 Å². The average Bonchev–Trinajstić information content (AvgIpc) is 2.36. The van der Waals surface area contributed by atoms with Gasteiger partial charge in [0.15, 0.2) is 5.82 Å². The smallest absolute Gasteiger partial charge is 0.251 e. The van der Waals surface area contributed by atoms with Crippen molar-refractivity contribution in [3.63, 3.8) is 0 Å². The van der Waals surface area contributed by atoms with Crippen LogP contribution in [0.15, 0.2) is 33.7 Å². The number of halogens is 1. The minimum absolute atomic E-state index is 0.178. The molecule has 2 rings (SSSR count). The molecular formula is C13H15BrN4O. The Kier molecular flexibility index (Phi) is 4.44. The molecule has 2 aromatic heterocycles. The number of hydrogen-bond acceptors (Lipinski definition) is 4. The Morgan fingerprint density at radius 2 is 2.26 bits per heavy atom. The summed E-state index contributed by atoms with van der Waals surface area (Å²) in [5, 5.41) is 3.23. The maximum absolute atomic E-state index is 11.7. The van der Waals surface area contributed by atoms with Gasteiger partial charge in [0, 0.05) is 29.3 Å². The first-order chi connectivity index (χ1) is 9.06. The SMILES string of the molecule is CC(C)NCc1cc(=O)[nH]c(-c2ncccc2Br)n1. The Balaban J connectivity index is 2.37. The van der Waals surface area contributed by atoms with Gasteiger partial charge in [0.05, 0.1) is 5.69 Å². The zero-order chi connectivity index (χ0) is 13.8. The van der Waals surface area contributed by atoms with Crippen molar-refractivity contribution in [2.24, 2.45) is 0 Å². The molecule has 6 heteroatoms. The van der Waals surface area contributed by atoms with E-state index in [4.69, 9.17) is 0 Å². The van der Waals surface area contributed by atoms with Crippen LogP contribution < -0.4 is 10.9 Å². The number of pyridine rings is 1. The Hall–Kier alpha value is -1.53. The number of rotatable bonds is 4. The molecule has 0 atom stereocenters. The highest BCUT2D eigenvalue weighted by Crippen LogP contribution is 2.21. The molecule has 0 radical (unpaired) electrons. The van der Waals surface area contributed by atoms with Crippen LogP contribution in [0.4, 0.5) is 0 Å². The lowest BCUT2D eigenvalue weighted by atomic mass is 10.3. The van der Waals surface area contributed by atoms with E-state index in [1.165, 1.54) is 6.07 Å². The maximum atomic E-state index is 11.7. The van der Waals surface area contributed by atoms with Gasteiger partial charge in [-0.3, -0.25) is 9.78 Å². The van der Waals surface area contributed by atoms with Gasteiger partial charge in [0.1, 0.15) is 5.69 Å². The van der Waals surface area contributed by atoms with Crippen molar-refractivity contribution in [3.05, 3.63) is 44.9 Å². The monoisotopic (exact) mass is 322 g/mol.